The summed E-state index contributed by atoms with van der Waals surface area (Å²) in [6.45, 7) is 0. The fourth-order valence-electron chi connectivity index (χ4n) is 3.73. The van der Waals surface area contributed by atoms with Crippen LogP contribution in [0.4, 0.5) is 0 Å². The Hall–Kier alpha value is -3.82. The van der Waals surface area contributed by atoms with Crippen molar-refractivity contribution in [3.8, 4) is 11.4 Å². The largest absolute Gasteiger partial charge is 0.466 e. The molecule has 2 aromatic heterocycles. The lowest BCUT2D eigenvalue weighted by molar-refractivity contribution is -0.136. The summed E-state index contributed by atoms with van der Waals surface area (Å²) in [6.07, 6.45) is 8.50. The van der Waals surface area contributed by atoms with Crippen molar-refractivity contribution < 1.29 is 14.3 Å². The molecule has 10 heteroatoms. The zero-order valence-electron chi connectivity index (χ0n) is 17.1. The van der Waals surface area contributed by atoms with E-state index in [1.807, 2.05) is 25.3 Å². The maximum absolute atomic E-state index is 12.3. The van der Waals surface area contributed by atoms with Gasteiger partial charge in [-0.05, 0) is 31.1 Å². The Bertz CT molecular complexity index is 1160. The van der Waals surface area contributed by atoms with Crippen molar-refractivity contribution in [1.82, 2.24) is 30.4 Å². The summed E-state index contributed by atoms with van der Waals surface area (Å²) in [5.41, 5.74) is 2.65. The number of ether oxygens (including phenoxy) is 1. The summed E-state index contributed by atoms with van der Waals surface area (Å²) >= 11 is 0. The molecule has 1 fully saturated rings. The smallest absolute Gasteiger partial charge is 0.335 e. The summed E-state index contributed by atoms with van der Waals surface area (Å²) in [4.78, 5) is 37.7. The number of nitrogens with one attached hydrogen (secondary N) is 2. The van der Waals surface area contributed by atoms with E-state index in [1.165, 1.54) is 13.3 Å². The molecule has 0 spiro atoms. The van der Waals surface area contributed by atoms with Gasteiger partial charge in [0.1, 0.15) is 12.2 Å². The van der Waals surface area contributed by atoms with Crippen molar-refractivity contribution in [2.24, 2.45) is 23.9 Å². The van der Waals surface area contributed by atoms with Crippen LogP contribution in [0.15, 0.2) is 47.5 Å². The Morgan fingerprint density at radius 1 is 1.29 bits per heavy atom. The van der Waals surface area contributed by atoms with E-state index in [-0.39, 0.29) is 17.7 Å². The van der Waals surface area contributed by atoms with Gasteiger partial charge in [-0.2, -0.15) is 5.10 Å². The van der Waals surface area contributed by atoms with Crippen LogP contribution in [-0.4, -0.2) is 50.6 Å². The molecular formula is C21H21N7O3. The molecule has 31 heavy (non-hydrogen) atoms. The van der Waals surface area contributed by atoms with Gasteiger partial charge >= 0.3 is 5.97 Å². The van der Waals surface area contributed by atoms with E-state index in [0.717, 1.165) is 24.1 Å². The standard InChI is InChI=1S/C21H21N7O3/c1-28-10-24-18(27-28)12-5-6-22-15(7-12)16-8-13-14(21(30)31-2)9-23-19(17(13)25-16)26-20(29)11-3-4-11/h5-11,13,17,25H,3-4H2,1-2H3,(H,23,26,29). The van der Waals surface area contributed by atoms with Gasteiger partial charge in [-0.1, -0.05) is 0 Å². The summed E-state index contributed by atoms with van der Waals surface area (Å²) < 4.78 is 6.56. The molecule has 2 atom stereocenters. The third-order valence-electron chi connectivity index (χ3n) is 5.53. The summed E-state index contributed by atoms with van der Waals surface area (Å²) in [6, 6.07) is 3.33. The first-order valence-electron chi connectivity index (χ1n) is 10.0. The normalized spacial score (nSPS) is 21.9. The van der Waals surface area contributed by atoms with Gasteiger partial charge in [-0.15, -0.1) is 0 Å². The number of carbonyl (C=O) groups is 2. The Kier molecular flexibility index (Phi) is 4.61. The van der Waals surface area contributed by atoms with Crippen LogP contribution < -0.4 is 10.6 Å². The molecule has 2 aliphatic heterocycles. The summed E-state index contributed by atoms with van der Waals surface area (Å²) in [7, 11) is 3.14. The number of methoxy groups -OCH3 is 1. The molecule has 0 saturated heterocycles. The summed E-state index contributed by atoms with van der Waals surface area (Å²) in [5.74, 6) is 0.298. The Morgan fingerprint density at radius 2 is 2.13 bits per heavy atom. The average molecular weight is 419 g/mol. The van der Waals surface area contributed by atoms with Crippen molar-refractivity contribution in [2.45, 2.75) is 18.9 Å². The van der Waals surface area contributed by atoms with Crippen LogP contribution in [-0.2, 0) is 21.4 Å². The summed E-state index contributed by atoms with van der Waals surface area (Å²) in [5, 5.41) is 10.6. The topological polar surface area (TPSA) is 123 Å². The zero-order chi connectivity index (χ0) is 21.5. The number of aromatic nitrogens is 4. The Balaban J connectivity index is 1.46. The van der Waals surface area contributed by atoms with Gasteiger partial charge in [0.2, 0.25) is 5.91 Å². The zero-order valence-corrected chi connectivity index (χ0v) is 17.1. The third-order valence-corrected chi connectivity index (χ3v) is 5.53. The van der Waals surface area contributed by atoms with E-state index in [0.29, 0.717) is 22.9 Å². The molecule has 2 unspecified atom stereocenters. The number of hydrogen-bond acceptors (Lipinski definition) is 8. The van der Waals surface area contributed by atoms with Gasteiger partial charge in [0.15, 0.2) is 5.82 Å². The quantitative estimate of drug-likeness (QED) is 0.703. The Labute approximate surface area is 178 Å². The van der Waals surface area contributed by atoms with Crippen LogP contribution >= 0.6 is 0 Å². The van der Waals surface area contributed by atoms with Crippen LogP contribution in [0.2, 0.25) is 0 Å². The van der Waals surface area contributed by atoms with E-state index in [9.17, 15) is 9.59 Å². The van der Waals surface area contributed by atoms with Crippen molar-refractivity contribution in [3.63, 3.8) is 0 Å². The van der Waals surface area contributed by atoms with Crippen LogP contribution in [0.3, 0.4) is 0 Å². The van der Waals surface area contributed by atoms with E-state index >= 15 is 0 Å². The number of carbonyl (C=O) groups excluding carboxylic acids is 2. The highest BCUT2D eigenvalue weighted by Gasteiger charge is 2.41. The first-order chi connectivity index (χ1) is 15.0. The van der Waals surface area contributed by atoms with Crippen LogP contribution in [0, 0.1) is 11.8 Å². The molecule has 1 aliphatic carbocycles. The lowest BCUT2D eigenvalue weighted by atomic mass is 9.91. The number of aryl methyl sites for hydroxylation is 1. The van der Waals surface area contributed by atoms with E-state index in [4.69, 9.17) is 4.74 Å². The van der Waals surface area contributed by atoms with Crippen LogP contribution in [0.25, 0.3) is 17.1 Å². The van der Waals surface area contributed by atoms with Crippen LogP contribution in [0.1, 0.15) is 18.5 Å². The van der Waals surface area contributed by atoms with Gasteiger partial charge in [-0.25, -0.2) is 14.8 Å². The molecule has 5 rings (SSSR count). The van der Waals surface area contributed by atoms with Crippen molar-refractivity contribution in [2.75, 3.05) is 7.11 Å². The fraction of sp³-hybridized carbons (Fsp3) is 0.333. The first-order valence-corrected chi connectivity index (χ1v) is 10.0. The fourth-order valence-corrected chi connectivity index (χ4v) is 3.73. The van der Waals surface area contributed by atoms with Crippen molar-refractivity contribution >= 4 is 23.4 Å². The minimum absolute atomic E-state index is 0.0379. The maximum Gasteiger partial charge on any atom is 0.335 e. The minimum atomic E-state index is -0.454. The third kappa shape index (κ3) is 3.60. The van der Waals surface area contributed by atoms with Gasteiger partial charge in [-0.3, -0.25) is 14.5 Å². The maximum atomic E-state index is 12.3. The minimum Gasteiger partial charge on any atom is -0.466 e. The molecular weight excluding hydrogens is 398 g/mol. The second-order valence-electron chi connectivity index (χ2n) is 7.75. The van der Waals surface area contributed by atoms with E-state index in [1.54, 1.807) is 17.2 Å². The Morgan fingerprint density at radius 3 is 2.84 bits per heavy atom. The molecule has 0 radical (unpaired) electrons. The predicted octanol–water partition coefficient (Wildman–Crippen LogP) is 0.801. The number of esters is 1. The predicted molar refractivity (Wildman–Crippen MR) is 111 cm³/mol. The monoisotopic (exact) mass is 419 g/mol. The average Bonchev–Trinajstić information content (AvgIpc) is 3.39. The second kappa shape index (κ2) is 7.46. The molecule has 158 valence electrons. The number of hydrogen-bond donors (Lipinski definition) is 2. The second-order valence-corrected chi connectivity index (χ2v) is 7.75. The number of nitrogens with zero attached hydrogens (tertiary/aromatic N) is 5. The first kappa shape index (κ1) is 19.2. The number of rotatable bonds is 4. The molecule has 3 aliphatic rings. The molecule has 10 nitrogen and oxygen atoms in total. The number of pyridine rings is 1. The number of amidine groups is 1. The molecule has 1 amide bonds. The molecule has 2 N–H and O–H groups in total. The number of fused-ring (bicyclic) bond motifs is 1. The lowest BCUT2D eigenvalue weighted by Crippen LogP contribution is -2.49. The SMILES string of the molecule is COC(=O)C1=CN=C(NC(=O)C2CC2)C2NC(c3cc(-c4ncn(C)n4)ccn3)=CC12. The van der Waals surface area contributed by atoms with Gasteiger partial charge < -0.3 is 15.4 Å². The lowest BCUT2D eigenvalue weighted by Gasteiger charge is -2.26. The molecule has 1 saturated carbocycles. The van der Waals surface area contributed by atoms with Crippen molar-refractivity contribution in [1.29, 1.82) is 0 Å². The van der Waals surface area contributed by atoms with E-state index in [2.05, 4.69) is 30.7 Å². The van der Waals surface area contributed by atoms with Crippen LogP contribution in [0.5, 0.6) is 0 Å². The van der Waals surface area contributed by atoms with Gasteiger partial charge in [0, 0.05) is 36.8 Å². The molecule has 4 heterocycles. The highest BCUT2D eigenvalue weighted by Crippen LogP contribution is 2.34. The molecule has 2 aromatic rings. The molecule has 0 bridgehead atoms. The van der Waals surface area contributed by atoms with E-state index < -0.39 is 12.0 Å². The van der Waals surface area contributed by atoms with Gasteiger partial charge in [0.05, 0.1) is 30.1 Å². The van der Waals surface area contributed by atoms with Gasteiger partial charge in [0.25, 0.3) is 0 Å². The number of aliphatic imine (C=N–C) groups is 1. The molecule has 0 aromatic carbocycles. The number of amides is 1. The van der Waals surface area contributed by atoms with Crippen molar-refractivity contribution in [3.05, 3.63) is 48.2 Å². The highest BCUT2D eigenvalue weighted by atomic mass is 16.5. The highest BCUT2D eigenvalue weighted by molar-refractivity contribution is 6.06.